The third kappa shape index (κ3) is 3.92. The van der Waals surface area contributed by atoms with Crippen molar-refractivity contribution in [3.05, 3.63) is 68.0 Å². The molecule has 2 heterocycles. The third-order valence-electron chi connectivity index (χ3n) is 4.11. The van der Waals surface area contributed by atoms with Gasteiger partial charge in [-0.3, -0.25) is 9.59 Å². The summed E-state index contributed by atoms with van der Waals surface area (Å²) in [5, 5.41) is 0.645. The molecule has 5 nitrogen and oxygen atoms in total. The molecule has 1 saturated heterocycles. The van der Waals surface area contributed by atoms with E-state index in [0.29, 0.717) is 30.6 Å². The van der Waals surface area contributed by atoms with Crippen molar-refractivity contribution in [3.8, 4) is 0 Å². The van der Waals surface area contributed by atoms with Gasteiger partial charge in [-0.15, -0.1) is 0 Å². The molecule has 0 spiro atoms. The Morgan fingerprint density at radius 2 is 1.78 bits per heavy atom. The van der Waals surface area contributed by atoms with Crippen LogP contribution >= 0.6 is 11.6 Å². The highest BCUT2D eigenvalue weighted by Gasteiger charge is 2.16. The Morgan fingerprint density at radius 1 is 1.09 bits per heavy atom. The number of rotatable bonds is 4. The Balaban J connectivity index is 1.78. The molecule has 1 unspecified atom stereocenters. The maximum atomic E-state index is 12.3. The maximum absolute atomic E-state index is 12.3. The summed E-state index contributed by atoms with van der Waals surface area (Å²) in [6, 6.07) is 7.23. The second-order valence-electron chi connectivity index (χ2n) is 5.90. The lowest BCUT2D eigenvalue weighted by Crippen LogP contribution is -2.42. The Hall–Kier alpha value is -1.85. The van der Waals surface area contributed by atoms with Crippen molar-refractivity contribution in [2.24, 2.45) is 5.92 Å². The lowest BCUT2D eigenvalue weighted by Gasteiger charge is -2.22. The first-order valence-electron chi connectivity index (χ1n) is 7.75. The molecule has 3 rings (SSSR count). The predicted molar refractivity (Wildman–Crippen MR) is 89.1 cm³/mol. The van der Waals surface area contributed by atoms with Gasteiger partial charge >= 0.3 is 11.1 Å². The van der Waals surface area contributed by atoms with Crippen molar-refractivity contribution in [1.82, 2.24) is 9.13 Å². The van der Waals surface area contributed by atoms with Crippen LogP contribution < -0.4 is 11.1 Å². The molecule has 0 radical (unpaired) electrons. The molecule has 2 aromatic rings. The van der Waals surface area contributed by atoms with Crippen LogP contribution in [0.4, 0.5) is 0 Å². The van der Waals surface area contributed by atoms with Crippen molar-refractivity contribution in [3.63, 3.8) is 0 Å². The van der Waals surface area contributed by atoms with Gasteiger partial charge in [0.1, 0.15) is 0 Å². The van der Waals surface area contributed by atoms with Gasteiger partial charge in [-0.25, -0.2) is 0 Å². The first-order chi connectivity index (χ1) is 11.1. The summed E-state index contributed by atoms with van der Waals surface area (Å²) in [6.07, 6.45) is 5.39. The van der Waals surface area contributed by atoms with Crippen LogP contribution in [-0.2, 0) is 17.8 Å². The van der Waals surface area contributed by atoms with Crippen molar-refractivity contribution in [2.45, 2.75) is 25.9 Å². The molecular formula is C17H19ClN2O3. The van der Waals surface area contributed by atoms with E-state index >= 15 is 0 Å². The van der Waals surface area contributed by atoms with Crippen molar-refractivity contribution >= 4 is 11.6 Å². The molecule has 0 aliphatic carbocycles. The molecule has 0 N–H and O–H groups in total. The summed E-state index contributed by atoms with van der Waals surface area (Å²) in [6.45, 7) is 2.34. The van der Waals surface area contributed by atoms with Gasteiger partial charge in [-0.1, -0.05) is 23.7 Å². The highest BCUT2D eigenvalue weighted by atomic mass is 35.5. The molecule has 1 aliphatic rings. The van der Waals surface area contributed by atoms with Gasteiger partial charge in [0.25, 0.3) is 0 Å². The molecule has 6 heteroatoms. The van der Waals surface area contributed by atoms with E-state index in [1.54, 1.807) is 24.5 Å². The lowest BCUT2D eigenvalue weighted by atomic mass is 10.0. The fourth-order valence-corrected chi connectivity index (χ4v) is 2.95. The number of halogens is 1. The first kappa shape index (κ1) is 16.0. The van der Waals surface area contributed by atoms with E-state index in [4.69, 9.17) is 16.3 Å². The van der Waals surface area contributed by atoms with Crippen LogP contribution in [0.15, 0.2) is 46.2 Å². The van der Waals surface area contributed by atoms with Crippen molar-refractivity contribution in [1.29, 1.82) is 0 Å². The Morgan fingerprint density at radius 3 is 2.48 bits per heavy atom. The smallest absolute Gasteiger partial charge is 0.316 e. The zero-order valence-corrected chi connectivity index (χ0v) is 13.5. The first-order valence-corrected chi connectivity index (χ1v) is 8.13. The van der Waals surface area contributed by atoms with Gasteiger partial charge in [0, 0.05) is 36.5 Å². The summed E-state index contributed by atoms with van der Waals surface area (Å²) in [7, 11) is 0. The quantitative estimate of drug-likeness (QED) is 0.805. The minimum Gasteiger partial charge on any atom is -0.381 e. The Bertz CT molecular complexity index is 774. The second kappa shape index (κ2) is 7.15. The van der Waals surface area contributed by atoms with E-state index in [9.17, 15) is 9.59 Å². The van der Waals surface area contributed by atoms with E-state index in [-0.39, 0.29) is 0 Å². The van der Waals surface area contributed by atoms with Gasteiger partial charge in [0.05, 0.1) is 13.2 Å². The summed E-state index contributed by atoms with van der Waals surface area (Å²) in [4.78, 5) is 24.6. The highest BCUT2D eigenvalue weighted by Crippen LogP contribution is 2.14. The van der Waals surface area contributed by atoms with Crippen LogP contribution in [0.1, 0.15) is 18.4 Å². The fourth-order valence-electron chi connectivity index (χ4n) is 2.83. The molecule has 0 amide bonds. The molecule has 0 saturated carbocycles. The molecule has 1 aromatic carbocycles. The standard InChI is InChI=1S/C17H19ClN2O3/c18-15-5-3-13(4-6-15)10-19-7-8-20(17(22)16(19)21)11-14-2-1-9-23-12-14/h3-8,14H,1-2,9-12H2. The van der Waals surface area contributed by atoms with E-state index < -0.39 is 11.1 Å². The monoisotopic (exact) mass is 334 g/mol. The second-order valence-corrected chi connectivity index (χ2v) is 6.33. The zero-order valence-electron chi connectivity index (χ0n) is 12.8. The number of aromatic nitrogens is 2. The summed E-state index contributed by atoms with van der Waals surface area (Å²) < 4.78 is 8.36. The van der Waals surface area contributed by atoms with Crippen LogP contribution in [0.5, 0.6) is 0 Å². The normalized spacial score (nSPS) is 18.0. The molecular weight excluding hydrogens is 316 g/mol. The number of benzene rings is 1. The average Bonchev–Trinajstić information content (AvgIpc) is 2.57. The van der Waals surface area contributed by atoms with Crippen LogP contribution in [0, 0.1) is 5.92 Å². The fraction of sp³-hybridized carbons (Fsp3) is 0.412. The molecule has 1 atom stereocenters. The lowest BCUT2D eigenvalue weighted by molar-refractivity contribution is 0.0479. The van der Waals surface area contributed by atoms with Crippen LogP contribution in [0.25, 0.3) is 0 Å². The summed E-state index contributed by atoms with van der Waals surface area (Å²) >= 11 is 5.85. The Labute approximate surface area is 139 Å². The SMILES string of the molecule is O=c1c(=O)n(CC2CCCOC2)ccn1Cc1ccc(Cl)cc1. The van der Waals surface area contributed by atoms with Crippen LogP contribution in [0.3, 0.4) is 0 Å². The van der Waals surface area contributed by atoms with Crippen LogP contribution in [0.2, 0.25) is 5.02 Å². The van der Waals surface area contributed by atoms with Gasteiger partial charge < -0.3 is 13.9 Å². The van der Waals surface area contributed by atoms with Gasteiger partial charge in [-0.05, 0) is 30.5 Å². The molecule has 0 bridgehead atoms. The zero-order chi connectivity index (χ0) is 16.2. The Kier molecular flexibility index (Phi) is 4.98. The number of hydrogen-bond donors (Lipinski definition) is 0. The molecule has 1 fully saturated rings. The molecule has 1 aromatic heterocycles. The highest BCUT2D eigenvalue weighted by molar-refractivity contribution is 6.30. The van der Waals surface area contributed by atoms with E-state index in [0.717, 1.165) is 25.0 Å². The van der Waals surface area contributed by atoms with Crippen LogP contribution in [-0.4, -0.2) is 22.3 Å². The summed E-state index contributed by atoms with van der Waals surface area (Å²) in [5.74, 6) is 0.299. The minimum absolute atomic E-state index is 0.299. The van der Waals surface area contributed by atoms with Gasteiger partial charge in [0.2, 0.25) is 0 Å². The predicted octanol–water partition coefficient (Wildman–Crippen LogP) is 2.14. The number of nitrogens with zero attached hydrogens (tertiary/aromatic N) is 2. The van der Waals surface area contributed by atoms with Gasteiger partial charge in [-0.2, -0.15) is 0 Å². The number of hydrogen-bond acceptors (Lipinski definition) is 3. The molecule has 1 aliphatic heterocycles. The minimum atomic E-state index is -0.501. The number of ether oxygens (including phenoxy) is 1. The third-order valence-corrected chi connectivity index (χ3v) is 4.36. The largest absolute Gasteiger partial charge is 0.381 e. The topological polar surface area (TPSA) is 53.2 Å². The van der Waals surface area contributed by atoms with E-state index in [2.05, 4.69) is 0 Å². The summed E-state index contributed by atoms with van der Waals surface area (Å²) in [5.41, 5.74) is -0.0551. The van der Waals surface area contributed by atoms with Crippen molar-refractivity contribution < 1.29 is 4.74 Å². The van der Waals surface area contributed by atoms with Gasteiger partial charge in [0.15, 0.2) is 0 Å². The molecule has 122 valence electrons. The van der Waals surface area contributed by atoms with Crippen molar-refractivity contribution in [2.75, 3.05) is 13.2 Å². The van der Waals surface area contributed by atoms with E-state index in [1.807, 2.05) is 12.1 Å². The van der Waals surface area contributed by atoms with E-state index in [1.165, 1.54) is 9.13 Å². The average molecular weight is 335 g/mol. The molecule has 23 heavy (non-hydrogen) atoms. The maximum Gasteiger partial charge on any atom is 0.316 e.